The van der Waals surface area contributed by atoms with Crippen molar-refractivity contribution < 1.29 is 5.11 Å². The second kappa shape index (κ2) is 9.37. The summed E-state index contributed by atoms with van der Waals surface area (Å²) in [6.07, 6.45) is 1.74. The summed E-state index contributed by atoms with van der Waals surface area (Å²) in [5.41, 5.74) is 8.12. The Hall–Kier alpha value is -4.43. The van der Waals surface area contributed by atoms with E-state index >= 15 is 0 Å². The topological polar surface area (TPSA) is 32.6 Å². The van der Waals surface area contributed by atoms with E-state index in [2.05, 4.69) is 60.7 Å². The third-order valence-corrected chi connectivity index (χ3v) is 5.66. The molecule has 0 bridgehead atoms. The summed E-state index contributed by atoms with van der Waals surface area (Å²) in [4.78, 5) is 4.94. The summed E-state index contributed by atoms with van der Waals surface area (Å²) < 4.78 is 0. The highest BCUT2D eigenvalue weighted by Gasteiger charge is 2.15. The average molecular weight is 426 g/mol. The van der Waals surface area contributed by atoms with E-state index in [0.717, 1.165) is 39.1 Å². The lowest BCUT2D eigenvalue weighted by Gasteiger charge is -2.16. The predicted octanol–water partition coefficient (Wildman–Crippen LogP) is 8.14. The lowest BCUT2D eigenvalue weighted by Crippen LogP contribution is -1.90. The highest BCUT2D eigenvalue weighted by atomic mass is 16.3. The number of hydrogen-bond donors (Lipinski definition) is 1. The van der Waals surface area contributed by atoms with Gasteiger partial charge >= 0.3 is 0 Å². The van der Waals surface area contributed by atoms with Crippen molar-refractivity contribution in [1.29, 1.82) is 0 Å². The Bertz CT molecular complexity index is 1330. The number of benzene rings is 5. The van der Waals surface area contributed by atoms with Gasteiger partial charge in [0, 0.05) is 22.9 Å². The standard InChI is InChI=1S/C31H23NO/c33-30-19-11-10-18-26(30)22-32-31-28(24-14-6-2-7-15-24)20-27(23-12-4-1-5-13-23)21-29(31)25-16-8-3-9-17-25/h1-22,33H. The van der Waals surface area contributed by atoms with Crippen LogP contribution >= 0.6 is 0 Å². The van der Waals surface area contributed by atoms with Crippen LogP contribution in [0.1, 0.15) is 5.56 Å². The second-order valence-electron chi connectivity index (χ2n) is 7.84. The lowest BCUT2D eigenvalue weighted by molar-refractivity contribution is 0.474. The molecule has 33 heavy (non-hydrogen) atoms. The van der Waals surface area contributed by atoms with Crippen molar-refractivity contribution in [2.24, 2.45) is 4.99 Å². The summed E-state index contributed by atoms with van der Waals surface area (Å²) >= 11 is 0. The van der Waals surface area contributed by atoms with Crippen LogP contribution in [0, 0.1) is 0 Å². The normalized spacial score (nSPS) is 11.0. The fraction of sp³-hybridized carbons (Fsp3) is 0. The van der Waals surface area contributed by atoms with E-state index in [1.54, 1.807) is 12.3 Å². The molecule has 0 saturated carbocycles. The first-order chi connectivity index (χ1) is 16.3. The molecule has 1 N–H and O–H groups in total. The van der Waals surface area contributed by atoms with Gasteiger partial charge in [-0.1, -0.05) is 103 Å². The van der Waals surface area contributed by atoms with Gasteiger partial charge in [0.1, 0.15) is 5.75 Å². The summed E-state index contributed by atoms with van der Waals surface area (Å²) in [6.45, 7) is 0. The predicted molar refractivity (Wildman–Crippen MR) is 138 cm³/mol. The van der Waals surface area contributed by atoms with E-state index in [9.17, 15) is 5.11 Å². The Morgan fingerprint density at radius 2 is 0.939 bits per heavy atom. The van der Waals surface area contributed by atoms with Gasteiger partial charge in [-0.15, -0.1) is 0 Å². The van der Waals surface area contributed by atoms with Gasteiger partial charge < -0.3 is 5.11 Å². The molecule has 2 heteroatoms. The van der Waals surface area contributed by atoms with E-state index in [1.165, 1.54) is 0 Å². The molecule has 0 atom stereocenters. The molecule has 5 aromatic rings. The van der Waals surface area contributed by atoms with Gasteiger partial charge in [0.2, 0.25) is 0 Å². The third-order valence-electron chi connectivity index (χ3n) is 5.66. The molecule has 0 aromatic heterocycles. The summed E-state index contributed by atoms with van der Waals surface area (Å²) in [5, 5.41) is 10.3. The van der Waals surface area contributed by atoms with Crippen molar-refractivity contribution in [2.75, 3.05) is 0 Å². The zero-order chi connectivity index (χ0) is 22.5. The van der Waals surface area contributed by atoms with E-state index in [4.69, 9.17) is 4.99 Å². The number of phenols is 1. The van der Waals surface area contributed by atoms with Crippen molar-refractivity contribution in [2.45, 2.75) is 0 Å². The first kappa shape index (κ1) is 20.5. The number of aliphatic imine (C=N–C) groups is 1. The molecule has 0 aliphatic heterocycles. The molecule has 0 aliphatic rings. The molecule has 158 valence electrons. The van der Waals surface area contributed by atoms with Gasteiger partial charge in [-0.3, -0.25) is 4.99 Å². The fourth-order valence-electron chi connectivity index (χ4n) is 3.98. The first-order valence-electron chi connectivity index (χ1n) is 11.0. The minimum atomic E-state index is 0.213. The number of hydrogen-bond acceptors (Lipinski definition) is 2. The molecule has 5 rings (SSSR count). The zero-order valence-electron chi connectivity index (χ0n) is 18.1. The Balaban J connectivity index is 1.79. The number of para-hydroxylation sites is 1. The van der Waals surface area contributed by atoms with Crippen LogP contribution in [0.3, 0.4) is 0 Å². The van der Waals surface area contributed by atoms with Gasteiger partial charge in [0.25, 0.3) is 0 Å². The average Bonchev–Trinajstić information content (AvgIpc) is 2.89. The molecule has 0 saturated heterocycles. The number of nitrogens with zero attached hydrogens (tertiary/aromatic N) is 1. The van der Waals surface area contributed by atoms with Crippen molar-refractivity contribution >= 4 is 11.9 Å². The monoisotopic (exact) mass is 425 g/mol. The quantitative estimate of drug-likeness (QED) is 0.283. The van der Waals surface area contributed by atoms with Crippen LogP contribution in [0.15, 0.2) is 132 Å². The van der Waals surface area contributed by atoms with E-state index in [0.29, 0.717) is 5.56 Å². The maximum Gasteiger partial charge on any atom is 0.124 e. The SMILES string of the molecule is Oc1ccccc1C=Nc1c(-c2ccccc2)cc(-c2ccccc2)cc1-c1ccccc1. The van der Waals surface area contributed by atoms with Crippen LogP contribution in [-0.4, -0.2) is 11.3 Å². The molecule has 5 aromatic carbocycles. The summed E-state index contributed by atoms with van der Waals surface area (Å²) in [7, 11) is 0. The summed E-state index contributed by atoms with van der Waals surface area (Å²) in [6, 6.07) is 42.7. The van der Waals surface area contributed by atoms with Crippen LogP contribution in [-0.2, 0) is 0 Å². The Kier molecular flexibility index (Phi) is 5.81. The first-order valence-corrected chi connectivity index (χ1v) is 11.0. The third kappa shape index (κ3) is 4.46. The smallest absolute Gasteiger partial charge is 0.124 e. The van der Waals surface area contributed by atoms with Crippen LogP contribution in [0.25, 0.3) is 33.4 Å². The number of rotatable bonds is 5. The molecule has 0 aliphatic carbocycles. The molecule has 0 spiro atoms. The van der Waals surface area contributed by atoms with Gasteiger partial charge in [0.05, 0.1) is 5.69 Å². The molecule has 0 radical (unpaired) electrons. The van der Waals surface area contributed by atoms with Gasteiger partial charge in [0.15, 0.2) is 0 Å². The fourth-order valence-corrected chi connectivity index (χ4v) is 3.98. The van der Waals surface area contributed by atoms with Crippen molar-refractivity contribution in [1.82, 2.24) is 0 Å². The van der Waals surface area contributed by atoms with Crippen molar-refractivity contribution in [3.8, 4) is 39.1 Å². The minimum Gasteiger partial charge on any atom is -0.507 e. The zero-order valence-corrected chi connectivity index (χ0v) is 18.1. The molecule has 0 unspecified atom stereocenters. The highest BCUT2D eigenvalue weighted by Crippen LogP contribution is 2.42. The Labute approximate surface area is 194 Å². The largest absolute Gasteiger partial charge is 0.507 e. The Morgan fingerprint density at radius 1 is 0.485 bits per heavy atom. The second-order valence-corrected chi connectivity index (χ2v) is 7.84. The lowest BCUT2D eigenvalue weighted by atomic mass is 9.91. The van der Waals surface area contributed by atoms with Crippen molar-refractivity contribution in [3.63, 3.8) is 0 Å². The number of aromatic hydroxyl groups is 1. The molecule has 0 heterocycles. The van der Waals surface area contributed by atoms with Crippen LogP contribution in [0.4, 0.5) is 5.69 Å². The molecule has 2 nitrogen and oxygen atoms in total. The number of phenolic OH excluding ortho intramolecular Hbond substituents is 1. The molecule has 0 amide bonds. The molecule has 0 fully saturated rings. The van der Waals surface area contributed by atoms with E-state index in [1.807, 2.05) is 60.7 Å². The Morgan fingerprint density at radius 3 is 1.45 bits per heavy atom. The maximum absolute atomic E-state index is 10.3. The van der Waals surface area contributed by atoms with E-state index in [-0.39, 0.29) is 5.75 Å². The van der Waals surface area contributed by atoms with Gasteiger partial charge in [-0.05, 0) is 46.5 Å². The van der Waals surface area contributed by atoms with Crippen LogP contribution in [0.5, 0.6) is 5.75 Å². The minimum absolute atomic E-state index is 0.213. The van der Waals surface area contributed by atoms with Crippen molar-refractivity contribution in [3.05, 3.63) is 133 Å². The van der Waals surface area contributed by atoms with E-state index < -0.39 is 0 Å². The summed E-state index contributed by atoms with van der Waals surface area (Å²) in [5.74, 6) is 0.213. The van der Waals surface area contributed by atoms with Crippen LogP contribution < -0.4 is 0 Å². The van der Waals surface area contributed by atoms with Crippen LogP contribution in [0.2, 0.25) is 0 Å². The van der Waals surface area contributed by atoms with Gasteiger partial charge in [-0.2, -0.15) is 0 Å². The highest BCUT2D eigenvalue weighted by molar-refractivity contribution is 5.96. The van der Waals surface area contributed by atoms with Gasteiger partial charge in [-0.25, -0.2) is 0 Å². The maximum atomic E-state index is 10.3. The molecular formula is C31H23NO. The molecular weight excluding hydrogens is 402 g/mol.